The van der Waals surface area contributed by atoms with Crippen LogP contribution in [0.3, 0.4) is 0 Å². The summed E-state index contributed by atoms with van der Waals surface area (Å²) in [6, 6.07) is 7.53. The Balaban J connectivity index is 1.80. The van der Waals surface area contributed by atoms with Crippen molar-refractivity contribution < 1.29 is 19.1 Å². The molecule has 1 saturated heterocycles. The predicted octanol–water partition coefficient (Wildman–Crippen LogP) is 1.48. The van der Waals surface area contributed by atoms with Crippen molar-refractivity contribution >= 4 is 26.8 Å². The molecular formula is C16H21NO4Se. The van der Waals surface area contributed by atoms with Gasteiger partial charge >= 0.3 is 137 Å². The number of carbonyl (C=O) groups is 2. The number of nitrogens with zero attached hydrogens (tertiary/aromatic N) is 1. The van der Waals surface area contributed by atoms with Gasteiger partial charge in [-0.1, -0.05) is 0 Å². The molecule has 0 aliphatic carbocycles. The average Bonchev–Trinajstić information content (AvgIpc) is 3.04. The summed E-state index contributed by atoms with van der Waals surface area (Å²) in [7, 11) is 3.02. The van der Waals surface area contributed by atoms with Crippen LogP contribution in [0.5, 0.6) is 5.75 Å². The fourth-order valence-electron chi connectivity index (χ4n) is 2.51. The Morgan fingerprint density at radius 2 is 2.00 bits per heavy atom. The molecular weight excluding hydrogens is 349 g/mol. The average molecular weight is 370 g/mol. The van der Waals surface area contributed by atoms with Crippen molar-refractivity contribution in [2.45, 2.75) is 29.5 Å². The first-order chi connectivity index (χ1) is 10.7. The third-order valence-electron chi connectivity index (χ3n) is 3.70. The molecule has 1 fully saturated rings. The molecule has 22 heavy (non-hydrogen) atoms. The molecule has 0 bridgehead atoms. The van der Waals surface area contributed by atoms with E-state index in [9.17, 15) is 9.59 Å². The van der Waals surface area contributed by atoms with E-state index in [-0.39, 0.29) is 32.9 Å². The SMILES string of the molecule is COC(=O)[C@@H]1CCCN1C(=O)C[Se]Cc1ccc(OC)cc1. The van der Waals surface area contributed by atoms with Gasteiger partial charge in [0.05, 0.1) is 0 Å². The van der Waals surface area contributed by atoms with Crippen molar-refractivity contribution in [2.24, 2.45) is 0 Å². The Morgan fingerprint density at radius 1 is 1.27 bits per heavy atom. The summed E-state index contributed by atoms with van der Waals surface area (Å²) in [4.78, 5) is 25.6. The first kappa shape index (κ1) is 16.8. The molecule has 1 atom stereocenters. The van der Waals surface area contributed by atoms with Crippen LogP contribution >= 0.6 is 0 Å². The number of rotatable bonds is 6. The summed E-state index contributed by atoms with van der Waals surface area (Å²) in [5.41, 5.74) is 1.21. The molecule has 120 valence electrons. The van der Waals surface area contributed by atoms with E-state index >= 15 is 0 Å². The van der Waals surface area contributed by atoms with Crippen LogP contribution in [-0.4, -0.2) is 58.5 Å². The number of carbonyl (C=O) groups excluding carboxylic acids is 2. The number of esters is 1. The van der Waals surface area contributed by atoms with E-state index in [2.05, 4.69) is 0 Å². The molecule has 0 unspecified atom stereocenters. The Morgan fingerprint density at radius 3 is 2.64 bits per heavy atom. The van der Waals surface area contributed by atoms with Gasteiger partial charge in [-0.2, -0.15) is 0 Å². The van der Waals surface area contributed by atoms with E-state index in [4.69, 9.17) is 9.47 Å². The van der Waals surface area contributed by atoms with Crippen LogP contribution in [-0.2, 0) is 19.6 Å². The Kier molecular flexibility index (Phi) is 6.28. The zero-order valence-electron chi connectivity index (χ0n) is 12.9. The Hall–Kier alpha value is -1.52. The van der Waals surface area contributed by atoms with E-state index in [1.54, 1.807) is 12.0 Å². The normalized spacial score (nSPS) is 17.4. The van der Waals surface area contributed by atoms with Gasteiger partial charge in [0.25, 0.3) is 0 Å². The number of benzene rings is 1. The number of likely N-dealkylation sites (tertiary alicyclic amines) is 1. The molecule has 1 heterocycles. The monoisotopic (exact) mass is 371 g/mol. The summed E-state index contributed by atoms with van der Waals surface area (Å²) >= 11 is 0.189. The first-order valence-electron chi connectivity index (χ1n) is 7.23. The fourth-order valence-corrected chi connectivity index (χ4v) is 4.33. The second-order valence-corrected chi connectivity index (χ2v) is 7.18. The zero-order valence-corrected chi connectivity index (χ0v) is 14.6. The molecule has 1 aliphatic heterocycles. The van der Waals surface area contributed by atoms with Crippen LogP contribution in [0.4, 0.5) is 0 Å². The van der Waals surface area contributed by atoms with Gasteiger partial charge in [0.1, 0.15) is 0 Å². The van der Waals surface area contributed by atoms with Gasteiger partial charge in [-0.05, 0) is 0 Å². The second kappa shape index (κ2) is 8.20. The van der Waals surface area contributed by atoms with E-state index < -0.39 is 0 Å². The van der Waals surface area contributed by atoms with Crippen LogP contribution < -0.4 is 4.74 Å². The molecule has 6 heteroatoms. The molecule has 1 amide bonds. The molecule has 1 aromatic carbocycles. The van der Waals surface area contributed by atoms with E-state index in [0.29, 0.717) is 18.3 Å². The zero-order chi connectivity index (χ0) is 15.9. The third kappa shape index (κ3) is 4.24. The minimum absolute atomic E-state index is 0.0708. The van der Waals surface area contributed by atoms with Crippen LogP contribution in [0.15, 0.2) is 24.3 Å². The summed E-state index contributed by atoms with van der Waals surface area (Å²) in [5, 5.41) is 1.42. The minimum atomic E-state index is -0.380. The summed E-state index contributed by atoms with van der Waals surface area (Å²) in [6.45, 7) is 0.664. The quantitative estimate of drug-likeness (QED) is 0.562. The molecule has 1 aliphatic rings. The first-order valence-corrected chi connectivity index (χ1v) is 9.66. The molecule has 0 N–H and O–H groups in total. The third-order valence-corrected chi connectivity index (χ3v) is 5.77. The Labute approximate surface area is 137 Å². The van der Waals surface area contributed by atoms with Crippen LogP contribution in [0, 0.1) is 0 Å². The van der Waals surface area contributed by atoms with Gasteiger partial charge in [-0.3, -0.25) is 0 Å². The van der Waals surface area contributed by atoms with Gasteiger partial charge in [-0.25, -0.2) is 0 Å². The number of amides is 1. The summed E-state index contributed by atoms with van der Waals surface area (Å²) < 4.78 is 9.90. The van der Waals surface area contributed by atoms with Crippen molar-refractivity contribution in [3.8, 4) is 5.75 Å². The molecule has 0 radical (unpaired) electrons. The van der Waals surface area contributed by atoms with Crippen molar-refractivity contribution in [1.29, 1.82) is 0 Å². The number of hydrogen-bond acceptors (Lipinski definition) is 4. The topological polar surface area (TPSA) is 55.8 Å². The van der Waals surface area contributed by atoms with E-state index in [0.717, 1.165) is 17.5 Å². The van der Waals surface area contributed by atoms with Gasteiger partial charge in [0.15, 0.2) is 0 Å². The van der Waals surface area contributed by atoms with Crippen LogP contribution in [0.2, 0.25) is 5.32 Å². The molecule has 2 rings (SSSR count). The number of hydrogen-bond donors (Lipinski definition) is 0. The maximum atomic E-state index is 12.3. The predicted molar refractivity (Wildman–Crippen MR) is 84.0 cm³/mol. The van der Waals surface area contributed by atoms with Gasteiger partial charge < -0.3 is 0 Å². The Bertz CT molecular complexity index is 517. The second-order valence-electron chi connectivity index (χ2n) is 5.11. The molecule has 1 aromatic rings. The summed E-state index contributed by atoms with van der Waals surface area (Å²) in [5.74, 6) is 0.611. The van der Waals surface area contributed by atoms with Crippen molar-refractivity contribution in [1.82, 2.24) is 4.90 Å². The van der Waals surface area contributed by atoms with E-state index in [1.807, 2.05) is 24.3 Å². The maximum absolute atomic E-state index is 12.3. The van der Waals surface area contributed by atoms with Gasteiger partial charge in [-0.15, -0.1) is 0 Å². The van der Waals surface area contributed by atoms with Crippen molar-refractivity contribution in [3.05, 3.63) is 29.8 Å². The van der Waals surface area contributed by atoms with Gasteiger partial charge in [0.2, 0.25) is 0 Å². The van der Waals surface area contributed by atoms with Crippen molar-refractivity contribution in [2.75, 3.05) is 20.8 Å². The van der Waals surface area contributed by atoms with Crippen LogP contribution in [0.1, 0.15) is 18.4 Å². The summed E-state index contributed by atoms with van der Waals surface area (Å²) in [6.07, 6.45) is 1.58. The number of ether oxygens (including phenoxy) is 2. The molecule has 0 aromatic heterocycles. The molecule has 5 nitrogen and oxygen atoms in total. The standard InChI is InChI=1S/C16H21NO4Se/c1-20-13-7-5-12(6-8-13)10-22-11-15(18)17-9-3-4-14(17)16(19)21-2/h5-8,14H,3-4,9-11H2,1-2H3/t14-/m0/s1. The molecule has 0 spiro atoms. The molecule has 0 saturated carbocycles. The van der Waals surface area contributed by atoms with E-state index in [1.165, 1.54) is 12.7 Å². The van der Waals surface area contributed by atoms with Gasteiger partial charge in [0, 0.05) is 0 Å². The number of methoxy groups -OCH3 is 2. The van der Waals surface area contributed by atoms with Crippen molar-refractivity contribution in [3.63, 3.8) is 0 Å². The fraction of sp³-hybridized carbons (Fsp3) is 0.500. The van der Waals surface area contributed by atoms with Crippen LogP contribution in [0.25, 0.3) is 0 Å².